The van der Waals surface area contributed by atoms with Gasteiger partial charge in [0.1, 0.15) is 5.82 Å². The summed E-state index contributed by atoms with van der Waals surface area (Å²) in [5.74, 6) is -0.829. The summed E-state index contributed by atoms with van der Waals surface area (Å²) in [6.07, 6.45) is 1.92. The van der Waals surface area contributed by atoms with Crippen molar-refractivity contribution < 1.29 is 13.9 Å². The van der Waals surface area contributed by atoms with E-state index in [0.717, 1.165) is 30.7 Å². The van der Waals surface area contributed by atoms with Crippen molar-refractivity contribution in [2.24, 2.45) is 0 Å². The van der Waals surface area contributed by atoms with Crippen molar-refractivity contribution in [3.63, 3.8) is 0 Å². The molecule has 144 valence electrons. The molecule has 0 aromatic heterocycles. The summed E-state index contributed by atoms with van der Waals surface area (Å²) >= 11 is 3.32. The lowest BCUT2D eigenvalue weighted by Crippen LogP contribution is -2.37. The Bertz CT molecular complexity index is 789. The summed E-state index contributed by atoms with van der Waals surface area (Å²) in [5, 5.41) is 0. The van der Waals surface area contributed by atoms with Crippen LogP contribution in [0.5, 0.6) is 0 Å². The van der Waals surface area contributed by atoms with Gasteiger partial charge in [0.05, 0.1) is 11.7 Å². The highest BCUT2D eigenvalue weighted by atomic mass is 79.9. The number of hydrogen-bond acceptors (Lipinski definition) is 3. The first-order valence-electron chi connectivity index (χ1n) is 9.06. The molecule has 1 unspecified atom stereocenters. The van der Waals surface area contributed by atoms with Crippen LogP contribution in [0.1, 0.15) is 28.8 Å². The second-order valence-corrected chi connectivity index (χ2v) is 7.92. The maximum atomic E-state index is 14.3. The molecule has 1 aliphatic rings. The van der Waals surface area contributed by atoms with Gasteiger partial charge in [-0.25, -0.2) is 4.39 Å². The highest BCUT2D eigenvalue weighted by Crippen LogP contribution is 2.22. The van der Waals surface area contributed by atoms with Crippen molar-refractivity contribution in [2.75, 3.05) is 32.1 Å². The van der Waals surface area contributed by atoms with Crippen LogP contribution in [0.3, 0.4) is 0 Å². The topological polar surface area (TPSA) is 32.8 Å². The van der Waals surface area contributed by atoms with Crippen molar-refractivity contribution in [3.8, 4) is 0 Å². The van der Waals surface area contributed by atoms with Crippen molar-refractivity contribution >= 4 is 27.5 Å². The van der Waals surface area contributed by atoms with Crippen LogP contribution in [-0.4, -0.2) is 44.2 Å². The minimum atomic E-state index is -0.511. The Hall–Kier alpha value is -1.92. The first-order valence-corrected chi connectivity index (χ1v) is 9.85. The third kappa shape index (κ3) is 5.08. The fourth-order valence-corrected chi connectivity index (χ4v) is 3.57. The summed E-state index contributed by atoms with van der Waals surface area (Å²) < 4.78 is 20.7. The molecule has 0 N–H and O–H groups in total. The van der Waals surface area contributed by atoms with Gasteiger partial charge < -0.3 is 14.5 Å². The monoisotopic (exact) mass is 434 g/mol. The number of hydrogen-bond donors (Lipinski definition) is 0. The standard InChI is InChI=1S/C21H24BrFN2O2/c1-24(2)17-8-5-15(6-9-17)13-25(14-18-4-3-11-27-18)21(26)19-12-16(22)7-10-20(19)23/h5-10,12,18H,3-4,11,13-14H2,1-2H3. The summed E-state index contributed by atoms with van der Waals surface area (Å²) in [7, 11) is 3.97. The quantitative estimate of drug-likeness (QED) is 0.671. The molecule has 1 aliphatic heterocycles. The van der Waals surface area contributed by atoms with Crippen molar-refractivity contribution in [3.05, 3.63) is 63.9 Å². The molecule has 0 saturated carbocycles. The Balaban J connectivity index is 1.83. The molecule has 0 radical (unpaired) electrons. The third-order valence-electron chi connectivity index (χ3n) is 4.72. The van der Waals surface area contributed by atoms with Gasteiger partial charge >= 0.3 is 0 Å². The second kappa shape index (κ2) is 8.85. The van der Waals surface area contributed by atoms with Crippen LogP contribution in [0, 0.1) is 5.82 Å². The third-order valence-corrected chi connectivity index (χ3v) is 5.21. The Morgan fingerprint density at radius 1 is 1.22 bits per heavy atom. The lowest BCUT2D eigenvalue weighted by Gasteiger charge is -2.26. The number of anilines is 1. The molecule has 0 spiro atoms. The fourth-order valence-electron chi connectivity index (χ4n) is 3.21. The Kier molecular flexibility index (Phi) is 6.50. The van der Waals surface area contributed by atoms with Crippen molar-refractivity contribution in [1.29, 1.82) is 0 Å². The number of benzene rings is 2. The SMILES string of the molecule is CN(C)c1ccc(CN(CC2CCCO2)C(=O)c2cc(Br)ccc2F)cc1. The summed E-state index contributed by atoms with van der Waals surface area (Å²) in [6.45, 7) is 1.59. The predicted molar refractivity (Wildman–Crippen MR) is 109 cm³/mol. The molecule has 3 rings (SSSR count). The van der Waals surface area contributed by atoms with Gasteiger partial charge in [0.25, 0.3) is 5.91 Å². The normalized spacial score (nSPS) is 16.4. The van der Waals surface area contributed by atoms with Gasteiger partial charge in [-0.3, -0.25) is 4.79 Å². The highest BCUT2D eigenvalue weighted by Gasteiger charge is 2.25. The number of amides is 1. The van der Waals surface area contributed by atoms with Gasteiger partial charge in [-0.1, -0.05) is 28.1 Å². The zero-order valence-electron chi connectivity index (χ0n) is 15.6. The second-order valence-electron chi connectivity index (χ2n) is 7.01. The van der Waals surface area contributed by atoms with Gasteiger partial charge in [-0.05, 0) is 48.7 Å². The number of ether oxygens (including phenoxy) is 1. The van der Waals surface area contributed by atoms with E-state index in [2.05, 4.69) is 15.9 Å². The lowest BCUT2D eigenvalue weighted by atomic mass is 10.1. The molecule has 6 heteroatoms. The van der Waals surface area contributed by atoms with Crippen LogP contribution >= 0.6 is 15.9 Å². The smallest absolute Gasteiger partial charge is 0.257 e. The number of nitrogens with zero attached hydrogens (tertiary/aromatic N) is 2. The minimum Gasteiger partial charge on any atom is -0.378 e. The van der Waals surface area contributed by atoms with Crippen LogP contribution in [0.25, 0.3) is 0 Å². The first kappa shape index (κ1) is 19.8. The largest absolute Gasteiger partial charge is 0.378 e. The molecular weight excluding hydrogens is 411 g/mol. The average molecular weight is 435 g/mol. The number of carbonyl (C=O) groups is 1. The molecule has 1 heterocycles. The van der Waals surface area contributed by atoms with E-state index in [1.54, 1.807) is 11.0 Å². The highest BCUT2D eigenvalue weighted by molar-refractivity contribution is 9.10. The molecule has 2 aromatic rings. The van der Waals surface area contributed by atoms with Crippen LogP contribution in [0.4, 0.5) is 10.1 Å². The van der Waals surface area contributed by atoms with Gasteiger partial charge in [0.15, 0.2) is 0 Å². The molecule has 1 atom stereocenters. The zero-order valence-corrected chi connectivity index (χ0v) is 17.2. The number of carbonyl (C=O) groups excluding carboxylic acids is 1. The average Bonchev–Trinajstić information content (AvgIpc) is 3.16. The first-order chi connectivity index (χ1) is 12.9. The van der Waals surface area contributed by atoms with E-state index >= 15 is 0 Å². The van der Waals surface area contributed by atoms with E-state index in [9.17, 15) is 9.18 Å². The van der Waals surface area contributed by atoms with Crippen LogP contribution in [-0.2, 0) is 11.3 Å². The summed E-state index contributed by atoms with van der Waals surface area (Å²) in [4.78, 5) is 16.8. The van der Waals surface area contributed by atoms with Crippen LogP contribution in [0.15, 0.2) is 46.9 Å². The minimum absolute atomic E-state index is 0.00483. The molecule has 1 amide bonds. The molecule has 1 fully saturated rings. The number of halogens is 2. The van der Waals surface area contributed by atoms with Gasteiger partial charge in [-0.2, -0.15) is 0 Å². The molecular formula is C21H24BrFN2O2. The van der Waals surface area contributed by atoms with E-state index in [4.69, 9.17) is 4.74 Å². The number of rotatable bonds is 6. The molecule has 0 aliphatic carbocycles. The van der Waals surface area contributed by atoms with Gasteiger partial charge in [-0.15, -0.1) is 0 Å². The van der Waals surface area contributed by atoms with E-state index in [-0.39, 0.29) is 17.6 Å². The summed E-state index contributed by atoms with van der Waals surface area (Å²) in [5.41, 5.74) is 2.17. The Morgan fingerprint density at radius 3 is 2.59 bits per heavy atom. The Morgan fingerprint density at radius 2 is 1.96 bits per heavy atom. The van der Waals surface area contributed by atoms with E-state index in [1.165, 1.54) is 12.1 Å². The maximum Gasteiger partial charge on any atom is 0.257 e. The molecule has 4 nitrogen and oxygen atoms in total. The van der Waals surface area contributed by atoms with Gasteiger partial charge in [0, 0.05) is 44.0 Å². The molecule has 0 bridgehead atoms. The van der Waals surface area contributed by atoms with E-state index in [1.807, 2.05) is 43.3 Å². The van der Waals surface area contributed by atoms with E-state index < -0.39 is 5.82 Å². The van der Waals surface area contributed by atoms with Crippen LogP contribution < -0.4 is 4.90 Å². The van der Waals surface area contributed by atoms with Crippen molar-refractivity contribution in [2.45, 2.75) is 25.5 Å². The molecule has 1 saturated heterocycles. The lowest BCUT2D eigenvalue weighted by molar-refractivity contribution is 0.0503. The van der Waals surface area contributed by atoms with E-state index in [0.29, 0.717) is 17.6 Å². The summed E-state index contributed by atoms with van der Waals surface area (Å²) in [6, 6.07) is 12.5. The zero-order chi connectivity index (χ0) is 19.4. The fraction of sp³-hybridized carbons (Fsp3) is 0.381. The molecule has 2 aromatic carbocycles. The van der Waals surface area contributed by atoms with Crippen molar-refractivity contribution in [1.82, 2.24) is 4.90 Å². The maximum absolute atomic E-state index is 14.3. The van der Waals surface area contributed by atoms with Crippen LogP contribution in [0.2, 0.25) is 0 Å². The van der Waals surface area contributed by atoms with Gasteiger partial charge in [0.2, 0.25) is 0 Å². The Labute approximate surface area is 168 Å². The predicted octanol–water partition coefficient (Wildman–Crippen LogP) is 4.48. The molecule has 27 heavy (non-hydrogen) atoms.